The van der Waals surface area contributed by atoms with Gasteiger partial charge in [0.05, 0.1) is 41.4 Å². The highest BCUT2D eigenvalue weighted by Crippen LogP contribution is 2.38. The minimum absolute atomic E-state index is 0.00528. The Kier molecular flexibility index (Phi) is 5.13. The summed E-state index contributed by atoms with van der Waals surface area (Å²) in [7, 11) is 0. The molecule has 10 heteroatoms. The van der Waals surface area contributed by atoms with Gasteiger partial charge in [-0.1, -0.05) is 11.6 Å². The number of hydrogen-bond acceptors (Lipinski definition) is 5. The van der Waals surface area contributed by atoms with Crippen LogP contribution >= 0.6 is 11.6 Å². The van der Waals surface area contributed by atoms with Crippen molar-refractivity contribution in [1.29, 1.82) is 5.26 Å². The molecule has 2 atom stereocenters. The van der Waals surface area contributed by atoms with Crippen LogP contribution in [0.2, 0.25) is 5.02 Å². The molecule has 152 valence electrons. The molecule has 0 aromatic carbocycles. The van der Waals surface area contributed by atoms with E-state index < -0.39 is 30.3 Å². The second-order valence-corrected chi connectivity index (χ2v) is 7.75. The molecule has 0 aliphatic carbocycles. The number of likely N-dealkylation sites (tertiary alicyclic amines) is 1. The van der Waals surface area contributed by atoms with Gasteiger partial charge in [0, 0.05) is 25.5 Å². The maximum Gasteiger partial charge on any atom is 0.276 e. The van der Waals surface area contributed by atoms with Crippen LogP contribution in [0.1, 0.15) is 19.3 Å². The summed E-state index contributed by atoms with van der Waals surface area (Å²) in [6.07, 6.45) is 7.32. The molecule has 0 spiro atoms. The van der Waals surface area contributed by atoms with Gasteiger partial charge in [-0.15, -0.1) is 0 Å². The highest BCUT2D eigenvalue weighted by Gasteiger charge is 2.51. The lowest BCUT2D eigenvalue weighted by Crippen LogP contribution is -2.55. The summed E-state index contributed by atoms with van der Waals surface area (Å²) < 4.78 is 31.6. The fourth-order valence-corrected chi connectivity index (χ4v) is 4.20. The van der Waals surface area contributed by atoms with E-state index in [0.717, 1.165) is 0 Å². The smallest absolute Gasteiger partial charge is 0.276 e. The molecule has 1 unspecified atom stereocenters. The van der Waals surface area contributed by atoms with Crippen LogP contribution in [0.15, 0.2) is 30.9 Å². The first-order valence-corrected chi connectivity index (χ1v) is 9.76. The number of halogens is 3. The largest absolute Gasteiger partial charge is 0.362 e. The van der Waals surface area contributed by atoms with E-state index in [9.17, 15) is 10.1 Å². The van der Waals surface area contributed by atoms with E-state index in [1.165, 1.54) is 26.9 Å². The number of piperidine rings is 1. The summed E-state index contributed by atoms with van der Waals surface area (Å²) in [6.45, 7) is 0.0209. The molecule has 4 heterocycles. The molecule has 2 aromatic heterocycles. The third-order valence-corrected chi connectivity index (χ3v) is 5.69. The van der Waals surface area contributed by atoms with Crippen molar-refractivity contribution in [3.8, 4) is 11.8 Å². The van der Waals surface area contributed by atoms with Crippen molar-refractivity contribution in [3.63, 3.8) is 0 Å². The molecule has 2 aliphatic rings. The molecule has 1 amide bonds. The normalized spacial score (nSPS) is 23.8. The maximum absolute atomic E-state index is 15.0. The lowest BCUT2D eigenvalue weighted by Gasteiger charge is -2.40. The second kappa shape index (κ2) is 7.59. The van der Waals surface area contributed by atoms with Crippen molar-refractivity contribution in [1.82, 2.24) is 19.7 Å². The van der Waals surface area contributed by atoms with Crippen LogP contribution in [0.25, 0.3) is 5.69 Å². The minimum atomic E-state index is -3.23. The number of rotatable bonds is 3. The molecule has 0 saturated carbocycles. The molecule has 2 aliphatic heterocycles. The Bertz CT molecular complexity index is 958. The lowest BCUT2D eigenvalue weighted by atomic mass is 9.90. The molecule has 7 nitrogen and oxygen atoms in total. The topological polar surface area (TPSA) is 78.0 Å². The van der Waals surface area contributed by atoms with Gasteiger partial charge in [-0.05, 0) is 25.3 Å². The van der Waals surface area contributed by atoms with Gasteiger partial charge in [-0.2, -0.15) is 10.4 Å². The second-order valence-electron chi connectivity index (χ2n) is 7.31. The SMILES string of the molecule is N#CC1CCCN1C(=O)[C@@H]1CCN(c2cnccc2-n2cc(Cl)cn2)CC1(F)F. The van der Waals surface area contributed by atoms with Crippen LogP contribution in [0, 0.1) is 17.2 Å². The Labute approximate surface area is 171 Å². The molecule has 0 bridgehead atoms. The Hall–Kier alpha value is -2.73. The van der Waals surface area contributed by atoms with Crippen LogP contribution in [0.3, 0.4) is 0 Å². The van der Waals surface area contributed by atoms with Gasteiger partial charge in [-0.25, -0.2) is 13.5 Å². The Morgan fingerprint density at radius 3 is 2.79 bits per heavy atom. The zero-order valence-corrected chi connectivity index (χ0v) is 16.3. The van der Waals surface area contributed by atoms with Gasteiger partial charge >= 0.3 is 0 Å². The monoisotopic (exact) mass is 420 g/mol. The lowest BCUT2D eigenvalue weighted by molar-refractivity contribution is -0.152. The zero-order chi connectivity index (χ0) is 20.6. The Morgan fingerprint density at radius 2 is 2.10 bits per heavy atom. The first kappa shape index (κ1) is 19.6. The minimum Gasteiger partial charge on any atom is -0.362 e. The number of carbonyl (C=O) groups excluding carboxylic acids is 1. The van der Waals surface area contributed by atoms with E-state index in [-0.39, 0.29) is 13.0 Å². The predicted octanol–water partition coefficient (Wildman–Crippen LogP) is 2.90. The van der Waals surface area contributed by atoms with E-state index in [0.29, 0.717) is 35.8 Å². The molecular formula is C19H19ClF2N6O. The molecule has 0 radical (unpaired) electrons. The van der Waals surface area contributed by atoms with Crippen LogP contribution in [-0.2, 0) is 4.79 Å². The molecule has 2 saturated heterocycles. The number of carbonyl (C=O) groups is 1. The maximum atomic E-state index is 15.0. The molecule has 0 N–H and O–H groups in total. The van der Waals surface area contributed by atoms with Gasteiger partial charge in [0.2, 0.25) is 5.91 Å². The van der Waals surface area contributed by atoms with E-state index >= 15 is 8.78 Å². The number of anilines is 1. The van der Waals surface area contributed by atoms with Gasteiger partial charge in [-0.3, -0.25) is 9.78 Å². The van der Waals surface area contributed by atoms with E-state index in [1.54, 1.807) is 18.5 Å². The number of aromatic nitrogens is 3. The fourth-order valence-electron chi connectivity index (χ4n) is 4.06. The highest BCUT2D eigenvalue weighted by molar-refractivity contribution is 6.30. The van der Waals surface area contributed by atoms with Crippen molar-refractivity contribution in [2.24, 2.45) is 5.92 Å². The van der Waals surface area contributed by atoms with E-state index in [1.807, 2.05) is 6.07 Å². The molecule has 2 aromatic rings. The molecule has 2 fully saturated rings. The molecular weight excluding hydrogens is 402 g/mol. The predicted molar refractivity (Wildman–Crippen MR) is 102 cm³/mol. The van der Waals surface area contributed by atoms with Crippen LogP contribution in [0.4, 0.5) is 14.5 Å². The average molecular weight is 421 g/mol. The number of hydrogen-bond donors (Lipinski definition) is 0. The van der Waals surface area contributed by atoms with Gasteiger partial charge in [0.1, 0.15) is 12.0 Å². The van der Waals surface area contributed by atoms with Crippen LogP contribution in [-0.4, -0.2) is 57.2 Å². The van der Waals surface area contributed by atoms with Crippen molar-refractivity contribution < 1.29 is 13.6 Å². The Balaban J connectivity index is 1.56. The quantitative estimate of drug-likeness (QED) is 0.763. The Morgan fingerprint density at radius 1 is 1.28 bits per heavy atom. The molecule has 4 rings (SSSR count). The number of amides is 1. The van der Waals surface area contributed by atoms with Gasteiger partial charge in [0.25, 0.3) is 5.92 Å². The van der Waals surface area contributed by atoms with Crippen LogP contribution in [0.5, 0.6) is 0 Å². The summed E-state index contributed by atoms with van der Waals surface area (Å²) in [4.78, 5) is 19.7. The summed E-state index contributed by atoms with van der Waals surface area (Å²) in [5, 5.41) is 13.8. The highest BCUT2D eigenvalue weighted by atomic mass is 35.5. The third kappa shape index (κ3) is 3.65. The first-order chi connectivity index (χ1) is 13.9. The van der Waals surface area contributed by atoms with E-state index in [4.69, 9.17) is 11.6 Å². The summed E-state index contributed by atoms with van der Waals surface area (Å²) in [6, 6.07) is 3.12. The number of nitriles is 1. The van der Waals surface area contributed by atoms with E-state index in [2.05, 4.69) is 10.1 Å². The number of nitrogens with zero attached hydrogens (tertiary/aromatic N) is 6. The van der Waals surface area contributed by atoms with Crippen LogP contribution < -0.4 is 4.90 Å². The zero-order valence-electron chi connectivity index (χ0n) is 15.5. The number of alkyl halides is 2. The third-order valence-electron chi connectivity index (χ3n) is 5.50. The van der Waals surface area contributed by atoms with Crippen molar-refractivity contribution in [3.05, 3.63) is 35.9 Å². The average Bonchev–Trinajstić information content (AvgIpc) is 3.35. The van der Waals surface area contributed by atoms with Crippen molar-refractivity contribution in [2.75, 3.05) is 24.5 Å². The standard InChI is InChI=1S/C19H19ClF2N6O/c20-13-9-25-28(11-13)16-3-5-24-10-17(16)26-7-4-15(19(21,22)12-26)18(29)27-6-1-2-14(27)8-23/h3,5,9-11,14-15H,1-2,4,6-7,12H2/t14?,15-/m0/s1. The first-order valence-electron chi connectivity index (χ1n) is 9.38. The summed E-state index contributed by atoms with van der Waals surface area (Å²) in [5.74, 6) is -5.27. The van der Waals surface area contributed by atoms with Gasteiger partial charge in [0.15, 0.2) is 0 Å². The number of pyridine rings is 1. The van der Waals surface area contributed by atoms with Crippen molar-refractivity contribution in [2.45, 2.75) is 31.2 Å². The molecule has 29 heavy (non-hydrogen) atoms. The summed E-state index contributed by atoms with van der Waals surface area (Å²) >= 11 is 5.94. The van der Waals surface area contributed by atoms with Gasteiger partial charge < -0.3 is 9.80 Å². The van der Waals surface area contributed by atoms with Crippen molar-refractivity contribution >= 4 is 23.2 Å². The fraction of sp³-hybridized carbons (Fsp3) is 0.474. The summed E-state index contributed by atoms with van der Waals surface area (Å²) in [5.41, 5.74) is 1.07.